The number of halogens is 2. The van der Waals surface area contributed by atoms with Crippen LogP contribution in [0, 0.1) is 5.82 Å². The second-order valence-corrected chi connectivity index (χ2v) is 7.30. The van der Waals surface area contributed by atoms with E-state index in [2.05, 4.69) is 4.98 Å². The van der Waals surface area contributed by atoms with Gasteiger partial charge >= 0.3 is 0 Å². The Hall–Kier alpha value is -2.37. The fourth-order valence-corrected chi connectivity index (χ4v) is 3.67. The highest BCUT2D eigenvalue weighted by Crippen LogP contribution is 2.22. The number of H-pyrrole nitrogens is 1. The van der Waals surface area contributed by atoms with Gasteiger partial charge in [-0.2, -0.15) is 0 Å². The van der Waals surface area contributed by atoms with E-state index in [4.69, 9.17) is 16.3 Å². The Morgan fingerprint density at radius 3 is 2.93 bits per heavy atom. The third kappa shape index (κ3) is 4.15. The number of hydrogen-bond donors (Lipinski definition) is 1. The number of aromatic nitrogens is 1. The maximum Gasteiger partial charge on any atom is 0.270 e. The van der Waals surface area contributed by atoms with Gasteiger partial charge in [0.25, 0.3) is 5.91 Å². The monoisotopic (exact) mass is 386 g/mol. The first kappa shape index (κ1) is 18.0. The summed E-state index contributed by atoms with van der Waals surface area (Å²) in [7, 11) is 0. The van der Waals surface area contributed by atoms with Crippen LogP contribution in [0.3, 0.4) is 0 Å². The van der Waals surface area contributed by atoms with Crippen LogP contribution in [0.5, 0.6) is 0 Å². The van der Waals surface area contributed by atoms with Gasteiger partial charge in [0.05, 0.1) is 6.10 Å². The number of ether oxygens (including phenoxy) is 1. The van der Waals surface area contributed by atoms with Gasteiger partial charge in [-0.1, -0.05) is 29.8 Å². The topological polar surface area (TPSA) is 45.3 Å². The van der Waals surface area contributed by atoms with E-state index in [1.165, 1.54) is 12.1 Å². The van der Waals surface area contributed by atoms with Crippen LogP contribution in [0.4, 0.5) is 4.39 Å². The molecule has 4 rings (SSSR count). The lowest BCUT2D eigenvalue weighted by molar-refractivity contribution is 0.0503. The quantitative estimate of drug-likeness (QED) is 0.685. The molecule has 2 aromatic carbocycles. The predicted octanol–water partition coefficient (Wildman–Crippen LogP) is 4.78. The molecule has 1 N–H and O–H groups in total. The number of carbonyl (C=O) groups excluding carboxylic acids is 1. The lowest BCUT2D eigenvalue weighted by Crippen LogP contribution is -2.37. The molecular formula is C21H20ClFN2O2. The lowest BCUT2D eigenvalue weighted by Gasteiger charge is -2.25. The average molecular weight is 387 g/mol. The number of fused-ring (bicyclic) bond motifs is 1. The molecule has 0 aliphatic carbocycles. The molecule has 1 aliphatic heterocycles. The van der Waals surface area contributed by atoms with Crippen LogP contribution in [0.2, 0.25) is 5.02 Å². The molecule has 1 aliphatic rings. The summed E-state index contributed by atoms with van der Waals surface area (Å²) in [5.41, 5.74) is 2.05. The largest absolute Gasteiger partial charge is 0.376 e. The second kappa shape index (κ2) is 7.71. The zero-order valence-electron chi connectivity index (χ0n) is 14.8. The van der Waals surface area contributed by atoms with Gasteiger partial charge in [0.1, 0.15) is 11.5 Å². The van der Waals surface area contributed by atoms with Gasteiger partial charge in [0, 0.05) is 35.6 Å². The van der Waals surface area contributed by atoms with Crippen molar-refractivity contribution in [2.24, 2.45) is 0 Å². The van der Waals surface area contributed by atoms with Crippen molar-refractivity contribution in [2.45, 2.75) is 25.5 Å². The molecule has 1 fully saturated rings. The van der Waals surface area contributed by atoms with Crippen molar-refractivity contribution >= 4 is 28.4 Å². The number of carbonyl (C=O) groups is 1. The second-order valence-electron chi connectivity index (χ2n) is 6.87. The fourth-order valence-electron chi connectivity index (χ4n) is 3.49. The molecule has 1 saturated heterocycles. The molecule has 1 atom stereocenters. The molecule has 1 unspecified atom stereocenters. The minimum atomic E-state index is -0.308. The van der Waals surface area contributed by atoms with Crippen molar-refractivity contribution < 1.29 is 13.9 Å². The van der Waals surface area contributed by atoms with E-state index in [1.807, 2.05) is 18.2 Å². The Morgan fingerprint density at radius 1 is 1.26 bits per heavy atom. The van der Waals surface area contributed by atoms with E-state index in [-0.39, 0.29) is 17.8 Å². The molecule has 6 heteroatoms. The molecule has 27 heavy (non-hydrogen) atoms. The number of amides is 1. The summed E-state index contributed by atoms with van der Waals surface area (Å²) >= 11 is 6.04. The first-order valence-corrected chi connectivity index (χ1v) is 9.40. The molecule has 4 nitrogen and oxygen atoms in total. The van der Waals surface area contributed by atoms with Gasteiger partial charge < -0.3 is 14.6 Å². The fraction of sp³-hybridized carbons (Fsp3) is 0.286. The van der Waals surface area contributed by atoms with E-state index in [0.717, 1.165) is 35.9 Å². The van der Waals surface area contributed by atoms with Crippen LogP contribution in [0.25, 0.3) is 10.9 Å². The average Bonchev–Trinajstić information content (AvgIpc) is 3.29. The molecule has 1 amide bonds. The predicted molar refractivity (Wildman–Crippen MR) is 103 cm³/mol. The maximum atomic E-state index is 13.6. The van der Waals surface area contributed by atoms with Gasteiger partial charge in [0.2, 0.25) is 0 Å². The van der Waals surface area contributed by atoms with Crippen molar-refractivity contribution in [3.63, 3.8) is 0 Å². The van der Waals surface area contributed by atoms with Crippen molar-refractivity contribution in [3.05, 3.63) is 70.6 Å². The van der Waals surface area contributed by atoms with E-state index < -0.39 is 0 Å². The van der Waals surface area contributed by atoms with Gasteiger partial charge in [-0.15, -0.1) is 0 Å². The number of benzene rings is 2. The smallest absolute Gasteiger partial charge is 0.270 e. The van der Waals surface area contributed by atoms with Crippen molar-refractivity contribution in [3.8, 4) is 0 Å². The molecule has 0 spiro atoms. The zero-order chi connectivity index (χ0) is 18.8. The highest BCUT2D eigenvalue weighted by Gasteiger charge is 2.24. The third-order valence-corrected chi connectivity index (χ3v) is 5.05. The Balaban J connectivity index is 1.61. The van der Waals surface area contributed by atoms with Gasteiger partial charge in [-0.25, -0.2) is 4.39 Å². The van der Waals surface area contributed by atoms with Gasteiger partial charge in [-0.05, 0) is 48.7 Å². The SMILES string of the molecule is O=C(c1cc2ccc(Cl)cc2[nH]1)N(Cc1cccc(F)c1)CC1CCCO1. The summed E-state index contributed by atoms with van der Waals surface area (Å²) in [6.07, 6.45) is 1.94. The highest BCUT2D eigenvalue weighted by molar-refractivity contribution is 6.31. The van der Waals surface area contributed by atoms with E-state index in [9.17, 15) is 9.18 Å². The standard InChI is InChI=1S/C21H20ClFN2O2/c22-16-7-6-15-10-20(24-19(15)11-16)21(26)25(13-18-5-2-8-27-18)12-14-3-1-4-17(23)9-14/h1,3-4,6-7,9-11,18,24H,2,5,8,12-13H2. The molecule has 1 aromatic heterocycles. The maximum absolute atomic E-state index is 13.6. The summed E-state index contributed by atoms with van der Waals surface area (Å²) in [5.74, 6) is -0.445. The normalized spacial score (nSPS) is 16.7. The van der Waals surface area contributed by atoms with E-state index in [0.29, 0.717) is 23.8 Å². The number of aromatic amines is 1. The molecule has 140 valence electrons. The number of nitrogens with zero attached hydrogens (tertiary/aromatic N) is 1. The summed E-state index contributed by atoms with van der Waals surface area (Å²) in [6.45, 7) is 1.52. The molecule has 0 saturated carbocycles. The van der Waals surface area contributed by atoms with Crippen molar-refractivity contribution in [2.75, 3.05) is 13.2 Å². The molecule has 0 radical (unpaired) electrons. The van der Waals surface area contributed by atoms with E-state index in [1.54, 1.807) is 23.1 Å². The van der Waals surface area contributed by atoms with Gasteiger partial charge in [0.15, 0.2) is 0 Å². The third-order valence-electron chi connectivity index (χ3n) is 4.81. The molecule has 3 aromatic rings. The molecule has 0 bridgehead atoms. The summed E-state index contributed by atoms with van der Waals surface area (Å²) < 4.78 is 19.3. The highest BCUT2D eigenvalue weighted by atomic mass is 35.5. The van der Waals surface area contributed by atoms with Crippen molar-refractivity contribution in [1.29, 1.82) is 0 Å². The number of rotatable bonds is 5. The Bertz CT molecular complexity index is 966. The Morgan fingerprint density at radius 2 is 2.15 bits per heavy atom. The minimum Gasteiger partial charge on any atom is -0.376 e. The first-order valence-electron chi connectivity index (χ1n) is 9.02. The van der Waals surface area contributed by atoms with Crippen molar-refractivity contribution in [1.82, 2.24) is 9.88 Å². The van der Waals surface area contributed by atoms with Gasteiger partial charge in [-0.3, -0.25) is 4.79 Å². The zero-order valence-corrected chi connectivity index (χ0v) is 15.5. The summed E-state index contributed by atoms with van der Waals surface area (Å²) in [4.78, 5) is 18.1. The summed E-state index contributed by atoms with van der Waals surface area (Å²) in [6, 6.07) is 13.6. The Kier molecular flexibility index (Phi) is 5.14. The van der Waals surface area contributed by atoms with E-state index >= 15 is 0 Å². The number of nitrogens with one attached hydrogen (secondary N) is 1. The molecular weight excluding hydrogens is 367 g/mol. The summed E-state index contributed by atoms with van der Waals surface area (Å²) in [5, 5.41) is 1.53. The van der Waals surface area contributed by atoms with Crippen LogP contribution in [-0.2, 0) is 11.3 Å². The Labute approximate surface area is 161 Å². The number of hydrogen-bond acceptors (Lipinski definition) is 2. The van der Waals surface area contributed by atoms with Crippen LogP contribution in [0.15, 0.2) is 48.5 Å². The van der Waals surface area contributed by atoms with Crippen LogP contribution in [-0.4, -0.2) is 35.0 Å². The van der Waals surface area contributed by atoms with Crippen LogP contribution >= 0.6 is 11.6 Å². The van der Waals surface area contributed by atoms with Crippen LogP contribution in [0.1, 0.15) is 28.9 Å². The lowest BCUT2D eigenvalue weighted by atomic mass is 10.1. The first-order chi connectivity index (χ1) is 13.1. The van der Waals surface area contributed by atoms with Crippen LogP contribution < -0.4 is 0 Å². The molecule has 2 heterocycles. The minimum absolute atomic E-state index is 0.0151.